The fourth-order valence-corrected chi connectivity index (χ4v) is 2.46. The van der Waals surface area contributed by atoms with Gasteiger partial charge in [0.25, 0.3) is 5.91 Å². The number of anilines is 1. The Hall–Kier alpha value is -3.07. The fraction of sp³-hybridized carbons (Fsp3) is 0.188. The lowest BCUT2D eigenvalue weighted by Gasteiger charge is -2.15. The highest BCUT2D eigenvalue weighted by molar-refractivity contribution is 6.31. The van der Waals surface area contributed by atoms with E-state index in [-0.39, 0.29) is 28.0 Å². The molecule has 0 aliphatic rings. The Labute approximate surface area is 152 Å². The molecule has 2 rings (SSSR count). The van der Waals surface area contributed by atoms with Crippen molar-refractivity contribution in [2.75, 3.05) is 26.6 Å². The van der Waals surface area contributed by atoms with E-state index in [2.05, 4.69) is 5.32 Å². The third-order valence-electron chi connectivity index (χ3n) is 3.43. The summed E-state index contributed by atoms with van der Waals surface area (Å²) in [5.74, 6) is -2.12. The van der Waals surface area contributed by atoms with E-state index in [1.807, 2.05) is 0 Å². The van der Waals surface area contributed by atoms with Crippen LogP contribution in [0.3, 0.4) is 0 Å². The summed E-state index contributed by atoms with van der Waals surface area (Å²) < 4.78 is 29.2. The number of nitrogens with one attached hydrogen (secondary N) is 1. The largest absolute Gasteiger partial charge is 0.493 e. The molecule has 0 saturated heterocycles. The van der Waals surface area contributed by atoms with Crippen LogP contribution < -0.4 is 19.5 Å². The first-order chi connectivity index (χ1) is 12.3. The van der Waals surface area contributed by atoms with E-state index >= 15 is 0 Å². The van der Waals surface area contributed by atoms with Crippen molar-refractivity contribution in [2.45, 2.75) is 0 Å². The number of amides is 1. The standard InChI is InChI=1S/C16H14ClFN2O6/c1-24-11-7-8(13(20(22)23)15(26-3)14(11)25-2)16(21)19-10-6-4-5-9(17)12(10)18/h4-7H,1-3H3,(H,19,21). The van der Waals surface area contributed by atoms with Gasteiger partial charge in [0.1, 0.15) is 5.56 Å². The summed E-state index contributed by atoms with van der Waals surface area (Å²) in [6.45, 7) is 0. The predicted octanol–water partition coefficient (Wildman–Crippen LogP) is 3.67. The van der Waals surface area contributed by atoms with Crippen LogP contribution in [-0.2, 0) is 0 Å². The molecule has 1 amide bonds. The molecular formula is C16H14ClFN2O6. The number of rotatable bonds is 6. The third-order valence-corrected chi connectivity index (χ3v) is 3.72. The second kappa shape index (κ2) is 7.87. The van der Waals surface area contributed by atoms with Gasteiger partial charge in [-0.15, -0.1) is 0 Å². The number of benzene rings is 2. The molecule has 0 radical (unpaired) electrons. The van der Waals surface area contributed by atoms with Crippen molar-refractivity contribution in [2.24, 2.45) is 0 Å². The van der Waals surface area contributed by atoms with Crippen LogP contribution in [0.25, 0.3) is 0 Å². The molecule has 0 spiro atoms. The number of halogens is 2. The quantitative estimate of drug-likeness (QED) is 0.602. The summed E-state index contributed by atoms with van der Waals surface area (Å²) in [6, 6.07) is 5.10. The molecule has 2 aromatic carbocycles. The van der Waals surface area contributed by atoms with Gasteiger partial charge in [0.2, 0.25) is 11.5 Å². The van der Waals surface area contributed by atoms with Gasteiger partial charge in [0.05, 0.1) is 37.0 Å². The number of ether oxygens (including phenoxy) is 3. The van der Waals surface area contributed by atoms with Crippen LogP contribution in [-0.4, -0.2) is 32.2 Å². The second-order valence-corrected chi connectivity index (χ2v) is 5.26. The zero-order valence-electron chi connectivity index (χ0n) is 14.0. The number of hydrogen-bond donors (Lipinski definition) is 1. The van der Waals surface area contributed by atoms with Crippen LogP contribution in [0.15, 0.2) is 24.3 Å². The minimum absolute atomic E-state index is 0.0340. The van der Waals surface area contributed by atoms with Crippen molar-refractivity contribution in [3.05, 3.63) is 50.8 Å². The highest BCUT2D eigenvalue weighted by Crippen LogP contribution is 2.46. The zero-order chi connectivity index (χ0) is 19.4. The minimum atomic E-state index is -0.947. The van der Waals surface area contributed by atoms with Crippen LogP contribution in [0, 0.1) is 15.9 Å². The monoisotopic (exact) mass is 384 g/mol. The molecule has 0 unspecified atom stereocenters. The maximum atomic E-state index is 14.0. The molecule has 0 fully saturated rings. The molecule has 0 atom stereocenters. The van der Waals surface area contributed by atoms with Gasteiger partial charge in [-0.1, -0.05) is 17.7 Å². The second-order valence-electron chi connectivity index (χ2n) is 4.85. The van der Waals surface area contributed by atoms with E-state index in [1.165, 1.54) is 39.5 Å². The van der Waals surface area contributed by atoms with E-state index in [4.69, 9.17) is 25.8 Å². The smallest absolute Gasteiger partial charge is 0.327 e. The van der Waals surface area contributed by atoms with Gasteiger partial charge >= 0.3 is 5.69 Å². The van der Waals surface area contributed by atoms with Crippen molar-refractivity contribution in [1.82, 2.24) is 0 Å². The SMILES string of the molecule is COc1cc(C(=O)Nc2cccc(Cl)c2F)c([N+](=O)[O-])c(OC)c1OC. The van der Waals surface area contributed by atoms with E-state index in [0.29, 0.717) is 0 Å². The molecule has 0 aliphatic carbocycles. The minimum Gasteiger partial charge on any atom is -0.493 e. The molecule has 10 heteroatoms. The summed E-state index contributed by atoms with van der Waals surface area (Å²) in [5, 5.41) is 13.5. The summed E-state index contributed by atoms with van der Waals surface area (Å²) in [7, 11) is 3.75. The number of carbonyl (C=O) groups excluding carboxylic acids is 1. The molecular weight excluding hydrogens is 371 g/mol. The molecule has 0 aliphatic heterocycles. The summed E-state index contributed by atoms with van der Waals surface area (Å²) >= 11 is 5.67. The molecule has 0 heterocycles. The lowest BCUT2D eigenvalue weighted by atomic mass is 10.1. The van der Waals surface area contributed by atoms with Crippen molar-refractivity contribution in [3.63, 3.8) is 0 Å². The highest BCUT2D eigenvalue weighted by Gasteiger charge is 2.32. The molecule has 2 aromatic rings. The van der Waals surface area contributed by atoms with Gasteiger partial charge in [0.15, 0.2) is 11.6 Å². The summed E-state index contributed by atoms with van der Waals surface area (Å²) in [4.78, 5) is 23.3. The van der Waals surface area contributed by atoms with E-state index in [9.17, 15) is 19.3 Å². The Bertz CT molecular complexity index is 874. The third kappa shape index (κ3) is 3.47. The van der Waals surface area contributed by atoms with Crippen molar-refractivity contribution in [3.8, 4) is 17.2 Å². The lowest BCUT2D eigenvalue weighted by Crippen LogP contribution is -2.16. The van der Waals surface area contributed by atoms with Crippen molar-refractivity contribution in [1.29, 1.82) is 0 Å². The average Bonchev–Trinajstić information content (AvgIpc) is 2.63. The van der Waals surface area contributed by atoms with Gasteiger partial charge in [0, 0.05) is 6.07 Å². The Morgan fingerprint density at radius 2 is 1.85 bits per heavy atom. The Morgan fingerprint density at radius 3 is 2.38 bits per heavy atom. The van der Waals surface area contributed by atoms with Gasteiger partial charge < -0.3 is 19.5 Å². The molecule has 0 saturated carbocycles. The Balaban J connectivity index is 2.62. The van der Waals surface area contributed by atoms with E-state index in [0.717, 1.165) is 6.07 Å². The van der Waals surface area contributed by atoms with Crippen molar-refractivity contribution < 1.29 is 28.3 Å². The van der Waals surface area contributed by atoms with Crippen molar-refractivity contribution >= 4 is 28.9 Å². The van der Waals surface area contributed by atoms with Crippen LogP contribution in [0.5, 0.6) is 17.2 Å². The molecule has 0 bridgehead atoms. The van der Waals surface area contributed by atoms with E-state index < -0.39 is 27.9 Å². The van der Waals surface area contributed by atoms with Crippen LogP contribution in [0.2, 0.25) is 5.02 Å². The van der Waals surface area contributed by atoms with Crippen LogP contribution >= 0.6 is 11.6 Å². The molecule has 0 aromatic heterocycles. The number of nitro benzene ring substituents is 1. The average molecular weight is 385 g/mol. The van der Waals surface area contributed by atoms with Gasteiger partial charge in [-0.3, -0.25) is 14.9 Å². The topological polar surface area (TPSA) is 99.9 Å². The molecule has 8 nitrogen and oxygen atoms in total. The first kappa shape index (κ1) is 19.3. The lowest BCUT2D eigenvalue weighted by molar-refractivity contribution is -0.386. The predicted molar refractivity (Wildman–Crippen MR) is 92.1 cm³/mol. The number of nitrogens with zero attached hydrogens (tertiary/aromatic N) is 1. The molecule has 26 heavy (non-hydrogen) atoms. The maximum Gasteiger partial charge on any atom is 0.327 e. The maximum absolute atomic E-state index is 14.0. The number of carbonyl (C=O) groups is 1. The highest BCUT2D eigenvalue weighted by atomic mass is 35.5. The van der Waals surface area contributed by atoms with Gasteiger partial charge in [-0.2, -0.15) is 0 Å². The van der Waals surface area contributed by atoms with Gasteiger partial charge in [-0.25, -0.2) is 4.39 Å². The fourth-order valence-electron chi connectivity index (χ4n) is 2.29. The van der Waals surface area contributed by atoms with E-state index in [1.54, 1.807) is 0 Å². The Morgan fingerprint density at radius 1 is 1.19 bits per heavy atom. The van der Waals surface area contributed by atoms with Crippen LogP contribution in [0.1, 0.15) is 10.4 Å². The first-order valence-corrected chi connectivity index (χ1v) is 7.46. The number of nitro groups is 1. The molecule has 1 N–H and O–H groups in total. The number of hydrogen-bond acceptors (Lipinski definition) is 6. The summed E-state index contributed by atoms with van der Waals surface area (Å²) in [5.41, 5.74) is -1.28. The van der Waals surface area contributed by atoms with Gasteiger partial charge in [-0.05, 0) is 12.1 Å². The normalized spacial score (nSPS) is 10.2. The Kier molecular flexibility index (Phi) is 5.83. The first-order valence-electron chi connectivity index (χ1n) is 7.08. The van der Waals surface area contributed by atoms with Crippen LogP contribution in [0.4, 0.5) is 15.8 Å². The summed E-state index contributed by atoms with van der Waals surface area (Å²) in [6.07, 6.45) is 0. The zero-order valence-corrected chi connectivity index (χ0v) is 14.7. The number of methoxy groups -OCH3 is 3. The molecule has 138 valence electrons.